The van der Waals surface area contributed by atoms with Crippen molar-refractivity contribution in [3.8, 4) is 11.1 Å². The number of hydrogen-bond acceptors (Lipinski definition) is 5. The normalized spacial score (nSPS) is 24.9. The third-order valence-electron chi connectivity index (χ3n) is 6.61. The van der Waals surface area contributed by atoms with Gasteiger partial charge in [-0.05, 0) is 42.9 Å². The molecule has 0 radical (unpaired) electrons. The largest absolute Gasteiger partial charge is 0.354 e. The number of pyridine rings is 2. The van der Waals surface area contributed by atoms with Crippen LogP contribution in [0.15, 0.2) is 36.8 Å². The molecular weight excluding hydrogens is 341 g/mol. The van der Waals surface area contributed by atoms with Crippen LogP contribution in [0, 0.1) is 11.2 Å². The van der Waals surface area contributed by atoms with Crippen molar-refractivity contribution in [2.45, 2.75) is 25.3 Å². The summed E-state index contributed by atoms with van der Waals surface area (Å²) in [4.78, 5) is 13.6. The Bertz CT molecular complexity index is 814. The number of rotatable bonds is 3. The van der Waals surface area contributed by atoms with E-state index in [-0.39, 0.29) is 5.82 Å². The molecule has 1 saturated carbocycles. The van der Waals surface area contributed by atoms with Gasteiger partial charge in [0.1, 0.15) is 11.6 Å². The number of anilines is 1. The Morgan fingerprint density at radius 1 is 1.15 bits per heavy atom. The Hall–Kier alpha value is -2.05. The summed E-state index contributed by atoms with van der Waals surface area (Å²) in [5, 5.41) is 3.45. The van der Waals surface area contributed by atoms with Gasteiger partial charge in [0, 0.05) is 68.8 Å². The van der Waals surface area contributed by atoms with Gasteiger partial charge in [0.15, 0.2) is 0 Å². The van der Waals surface area contributed by atoms with Crippen LogP contribution in [0.3, 0.4) is 0 Å². The summed E-state index contributed by atoms with van der Waals surface area (Å²) in [7, 11) is 0. The Balaban J connectivity index is 1.29. The highest BCUT2D eigenvalue weighted by Gasteiger charge is 2.45. The first kappa shape index (κ1) is 17.1. The Morgan fingerprint density at radius 2 is 2.00 bits per heavy atom. The molecule has 5 nitrogen and oxygen atoms in total. The van der Waals surface area contributed by atoms with Crippen LogP contribution in [-0.2, 0) is 0 Å². The molecule has 0 amide bonds. The first-order valence-electron chi connectivity index (χ1n) is 9.98. The van der Waals surface area contributed by atoms with Crippen LogP contribution in [0.4, 0.5) is 10.2 Å². The van der Waals surface area contributed by atoms with Gasteiger partial charge >= 0.3 is 0 Å². The highest BCUT2D eigenvalue weighted by Crippen LogP contribution is 2.43. The van der Waals surface area contributed by atoms with E-state index < -0.39 is 0 Å². The van der Waals surface area contributed by atoms with Crippen molar-refractivity contribution in [3.05, 3.63) is 42.6 Å². The van der Waals surface area contributed by atoms with Gasteiger partial charge in [-0.2, -0.15) is 0 Å². The average molecular weight is 367 g/mol. The van der Waals surface area contributed by atoms with E-state index in [2.05, 4.69) is 25.1 Å². The maximum absolute atomic E-state index is 13.6. The van der Waals surface area contributed by atoms with Crippen molar-refractivity contribution >= 4 is 5.82 Å². The Kier molecular flexibility index (Phi) is 4.32. The predicted octanol–water partition coefficient (Wildman–Crippen LogP) is 2.55. The lowest BCUT2D eigenvalue weighted by Crippen LogP contribution is -2.54. The molecule has 2 aromatic rings. The fourth-order valence-corrected chi connectivity index (χ4v) is 5.02. The summed E-state index contributed by atoms with van der Waals surface area (Å²) >= 11 is 0. The number of piperazine rings is 1. The number of nitrogens with one attached hydrogen (secondary N) is 1. The first-order valence-corrected chi connectivity index (χ1v) is 9.98. The summed E-state index contributed by atoms with van der Waals surface area (Å²) in [5.74, 6) is 0.628. The summed E-state index contributed by atoms with van der Waals surface area (Å²) in [6.45, 7) is 6.51. The zero-order chi connectivity index (χ0) is 18.3. The maximum atomic E-state index is 13.6. The van der Waals surface area contributed by atoms with Crippen LogP contribution >= 0.6 is 0 Å². The van der Waals surface area contributed by atoms with Crippen molar-refractivity contribution in [2.75, 3.05) is 44.2 Å². The molecule has 2 aromatic heterocycles. The van der Waals surface area contributed by atoms with Crippen LogP contribution in [-0.4, -0.2) is 60.2 Å². The van der Waals surface area contributed by atoms with Gasteiger partial charge in [-0.1, -0.05) is 0 Å². The molecular formula is C21H26FN5. The molecule has 1 aliphatic carbocycles. The van der Waals surface area contributed by atoms with Gasteiger partial charge in [-0.15, -0.1) is 0 Å². The van der Waals surface area contributed by atoms with E-state index in [9.17, 15) is 4.39 Å². The van der Waals surface area contributed by atoms with Crippen molar-refractivity contribution in [1.82, 2.24) is 20.2 Å². The molecule has 6 heteroatoms. The molecule has 27 heavy (non-hydrogen) atoms. The Labute approximate surface area is 159 Å². The van der Waals surface area contributed by atoms with Crippen LogP contribution in [0.25, 0.3) is 11.1 Å². The topological polar surface area (TPSA) is 44.3 Å². The third kappa shape index (κ3) is 3.21. The highest BCUT2D eigenvalue weighted by atomic mass is 19.1. The molecule has 0 bridgehead atoms. The molecule has 1 N–H and O–H groups in total. The van der Waals surface area contributed by atoms with E-state index in [1.54, 1.807) is 6.20 Å². The molecule has 0 aromatic carbocycles. The fourth-order valence-electron chi connectivity index (χ4n) is 5.02. The quantitative estimate of drug-likeness (QED) is 0.903. The molecule has 5 rings (SSSR count). The van der Waals surface area contributed by atoms with Gasteiger partial charge < -0.3 is 10.2 Å². The maximum Gasteiger partial charge on any atom is 0.142 e. The number of nitrogens with zero attached hydrogens (tertiary/aromatic N) is 4. The molecule has 4 heterocycles. The van der Waals surface area contributed by atoms with Crippen LogP contribution < -0.4 is 10.2 Å². The zero-order valence-corrected chi connectivity index (χ0v) is 15.6. The van der Waals surface area contributed by atoms with Crippen molar-refractivity contribution < 1.29 is 4.39 Å². The van der Waals surface area contributed by atoms with Gasteiger partial charge in [-0.25, -0.2) is 9.37 Å². The van der Waals surface area contributed by atoms with Gasteiger partial charge in [-0.3, -0.25) is 9.88 Å². The smallest absolute Gasteiger partial charge is 0.142 e. The van der Waals surface area contributed by atoms with Crippen molar-refractivity contribution in [1.29, 1.82) is 0 Å². The second kappa shape index (κ2) is 6.84. The van der Waals surface area contributed by atoms with Gasteiger partial charge in [0.05, 0.1) is 6.20 Å². The average Bonchev–Trinajstić information content (AvgIpc) is 3.15. The predicted molar refractivity (Wildman–Crippen MR) is 104 cm³/mol. The molecule has 1 atom stereocenters. The lowest BCUT2D eigenvalue weighted by Gasteiger charge is -2.42. The van der Waals surface area contributed by atoms with E-state index in [1.165, 1.54) is 44.6 Å². The molecule has 3 aliphatic rings. The van der Waals surface area contributed by atoms with E-state index in [1.807, 2.05) is 18.3 Å². The second-order valence-corrected chi connectivity index (χ2v) is 8.29. The molecule has 3 fully saturated rings. The zero-order valence-electron chi connectivity index (χ0n) is 15.6. The van der Waals surface area contributed by atoms with Gasteiger partial charge in [0.25, 0.3) is 0 Å². The summed E-state index contributed by atoms with van der Waals surface area (Å²) in [5.41, 5.74) is 2.34. The van der Waals surface area contributed by atoms with E-state index >= 15 is 0 Å². The van der Waals surface area contributed by atoms with Crippen LogP contribution in [0.2, 0.25) is 0 Å². The summed E-state index contributed by atoms with van der Waals surface area (Å²) in [6, 6.07) is 6.19. The third-order valence-corrected chi connectivity index (χ3v) is 6.61. The van der Waals surface area contributed by atoms with E-state index in [4.69, 9.17) is 0 Å². The second-order valence-electron chi connectivity index (χ2n) is 8.29. The minimum absolute atomic E-state index is 0.312. The highest BCUT2D eigenvalue weighted by molar-refractivity contribution is 5.75. The van der Waals surface area contributed by atoms with E-state index in [0.717, 1.165) is 49.2 Å². The number of halogens is 1. The first-order chi connectivity index (χ1) is 13.2. The summed E-state index contributed by atoms with van der Waals surface area (Å²) < 4.78 is 13.6. The molecule has 1 spiro atoms. The number of hydrogen-bond donors (Lipinski definition) is 1. The van der Waals surface area contributed by atoms with Crippen LogP contribution in [0.1, 0.15) is 19.3 Å². The lowest BCUT2D eigenvalue weighted by atomic mass is 9.80. The van der Waals surface area contributed by atoms with E-state index in [0.29, 0.717) is 5.41 Å². The van der Waals surface area contributed by atoms with Gasteiger partial charge in [0.2, 0.25) is 0 Å². The number of aromatic nitrogens is 2. The lowest BCUT2D eigenvalue weighted by molar-refractivity contribution is 0.135. The summed E-state index contributed by atoms with van der Waals surface area (Å²) in [6.07, 6.45) is 8.84. The molecule has 2 aliphatic heterocycles. The Morgan fingerprint density at radius 3 is 2.70 bits per heavy atom. The van der Waals surface area contributed by atoms with Crippen molar-refractivity contribution in [3.63, 3.8) is 0 Å². The van der Waals surface area contributed by atoms with Crippen molar-refractivity contribution in [2.24, 2.45) is 5.41 Å². The van der Waals surface area contributed by atoms with Crippen LogP contribution in [0.5, 0.6) is 0 Å². The SMILES string of the molecule is Fc1cncc(-c2cccnc2N2CCN(C3CCC4(CNC4)C3)CC2)c1. The monoisotopic (exact) mass is 367 g/mol. The minimum Gasteiger partial charge on any atom is -0.354 e. The fraction of sp³-hybridized carbons (Fsp3) is 0.524. The minimum atomic E-state index is -0.312. The standard InChI is InChI=1S/C21H26FN5/c22-17-10-16(12-23-13-17)19-2-1-5-25-20(19)27-8-6-26(7-9-27)18-3-4-21(11-18)14-24-15-21/h1-2,5,10,12-13,18,24H,3-4,6-9,11,14-15H2. The molecule has 1 unspecified atom stereocenters. The molecule has 142 valence electrons. The molecule has 2 saturated heterocycles.